The molecule has 0 N–H and O–H groups in total. The maximum absolute atomic E-state index is 13.1. The van der Waals surface area contributed by atoms with Gasteiger partial charge in [-0.15, -0.1) is 0 Å². The Bertz CT molecular complexity index is 1280. The van der Waals surface area contributed by atoms with Gasteiger partial charge in [-0.05, 0) is 24.6 Å². The molecule has 0 atom stereocenters. The molecule has 1 aromatic carbocycles. The molecule has 1 aliphatic heterocycles. The van der Waals surface area contributed by atoms with Crippen LogP contribution in [0.2, 0.25) is 5.02 Å². The first-order valence-corrected chi connectivity index (χ1v) is 9.63. The standard InChI is InChI=1S/C19H20ClN5O5/c1-22-16-15(17(27)25(19(22)28)10-14(26)30-3)24-8-4-7-23(18(24)21-16)11-5-6-13(29-2)12(20)9-11/h5-6,9H,4,7-8,10H2,1-3H3. The van der Waals surface area contributed by atoms with Gasteiger partial charge in [0.2, 0.25) is 5.95 Å². The summed E-state index contributed by atoms with van der Waals surface area (Å²) >= 11 is 6.29. The van der Waals surface area contributed by atoms with Gasteiger partial charge in [0.1, 0.15) is 12.3 Å². The minimum atomic E-state index is -0.679. The lowest BCUT2D eigenvalue weighted by Crippen LogP contribution is -2.41. The van der Waals surface area contributed by atoms with Crippen molar-refractivity contribution in [1.29, 1.82) is 0 Å². The quantitative estimate of drug-likeness (QED) is 0.571. The summed E-state index contributed by atoms with van der Waals surface area (Å²) in [6, 6.07) is 5.39. The van der Waals surface area contributed by atoms with E-state index in [4.69, 9.17) is 16.3 Å². The van der Waals surface area contributed by atoms with Gasteiger partial charge in [0, 0.05) is 25.8 Å². The van der Waals surface area contributed by atoms with Crippen LogP contribution in [0.4, 0.5) is 11.6 Å². The second-order valence-corrected chi connectivity index (χ2v) is 7.28. The Morgan fingerprint density at radius 1 is 1.23 bits per heavy atom. The molecule has 1 aliphatic rings. The lowest BCUT2D eigenvalue weighted by Gasteiger charge is -2.29. The molecule has 10 nitrogen and oxygen atoms in total. The van der Waals surface area contributed by atoms with E-state index in [1.165, 1.54) is 18.7 Å². The van der Waals surface area contributed by atoms with Gasteiger partial charge in [-0.25, -0.2) is 9.36 Å². The zero-order valence-electron chi connectivity index (χ0n) is 16.7. The Hall–Kier alpha value is -3.27. The van der Waals surface area contributed by atoms with E-state index < -0.39 is 23.8 Å². The number of ether oxygens (including phenoxy) is 2. The predicted molar refractivity (Wildman–Crippen MR) is 111 cm³/mol. The van der Waals surface area contributed by atoms with Crippen LogP contribution in [0.5, 0.6) is 5.75 Å². The number of carbonyl (C=O) groups excluding carboxylic acids is 1. The predicted octanol–water partition coefficient (Wildman–Crippen LogP) is 1.27. The average molecular weight is 434 g/mol. The van der Waals surface area contributed by atoms with Crippen molar-refractivity contribution in [3.8, 4) is 5.75 Å². The summed E-state index contributed by atoms with van der Waals surface area (Å²) < 4.78 is 13.7. The molecule has 30 heavy (non-hydrogen) atoms. The van der Waals surface area contributed by atoms with Crippen LogP contribution >= 0.6 is 11.6 Å². The van der Waals surface area contributed by atoms with Crippen LogP contribution in [-0.4, -0.2) is 45.4 Å². The molecule has 0 saturated heterocycles. The molecule has 0 spiro atoms. The van der Waals surface area contributed by atoms with E-state index in [-0.39, 0.29) is 11.2 Å². The molecule has 0 bridgehead atoms. The molecule has 3 heterocycles. The van der Waals surface area contributed by atoms with Crippen LogP contribution in [0.15, 0.2) is 27.8 Å². The number of hydrogen-bond donors (Lipinski definition) is 0. The Morgan fingerprint density at radius 3 is 2.67 bits per heavy atom. The first-order valence-electron chi connectivity index (χ1n) is 9.25. The van der Waals surface area contributed by atoms with E-state index in [1.807, 2.05) is 11.0 Å². The first-order chi connectivity index (χ1) is 14.4. The smallest absolute Gasteiger partial charge is 0.333 e. The fourth-order valence-electron chi connectivity index (χ4n) is 3.67. The van der Waals surface area contributed by atoms with Gasteiger partial charge in [0.05, 0.1) is 19.2 Å². The summed E-state index contributed by atoms with van der Waals surface area (Å²) in [6.45, 7) is 0.754. The molecule has 0 unspecified atom stereocenters. The van der Waals surface area contributed by atoms with E-state index in [9.17, 15) is 14.4 Å². The van der Waals surface area contributed by atoms with Crippen molar-refractivity contribution >= 4 is 40.4 Å². The number of fused-ring (bicyclic) bond motifs is 3. The topological polar surface area (TPSA) is 101 Å². The number of hydrogen-bond acceptors (Lipinski definition) is 7. The Morgan fingerprint density at radius 2 is 2.00 bits per heavy atom. The zero-order chi connectivity index (χ0) is 21.6. The lowest BCUT2D eigenvalue weighted by atomic mass is 10.2. The highest BCUT2D eigenvalue weighted by Gasteiger charge is 2.27. The summed E-state index contributed by atoms with van der Waals surface area (Å²) in [5.41, 5.74) is 0.101. The summed E-state index contributed by atoms with van der Waals surface area (Å²) in [4.78, 5) is 44.0. The van der Waals surface area contributed by atoms with E-state index in [1.54, 1.807) is 23.8 Å². The normalized spacial score (nSPS) is 13.4. The van der Waals surface area contributed by atoms with Crippen molar-refractivity contribution in [1.82, 2.24) is 18.7 Å². The number of nitrogens with zero attached hydrogens (tertiary/aromatic N) is 5. The number of anilines is 2. The molecular formula is C19H20ClN5O5. The number of imidazole rings is 1. The number of carbonyl (C=O) groups is 1. The Kier molecular flexibility index (Phi) is 5.02. The highest BCUT2D eigenvalue weighted by Crippen LogP contribution is 2.35. The molecule has 3 aromatic rings. The molecule has 0 fully saturated rings. The van der Waals surface area contributed by atoms with Crippen molar-refractivity contribution < 1.29 is 14.3 Å². The molecule has 4 rings (SSSR count). The Labute approximate surface area is 175 Å². The van der Waals surface area contributed by atoms with Crippen molar-refractivity contribution in [2.24, 2.45) is 7.05 Å². The summed E-state index contributed by atoms with van der Waals surface area (Å²) in [5, 5.41) is 0.455. The average Bonchev–Trinajstić information content (AvgIpc) is 3.15. The van der Waals surface area contributed by atoms with Crippen LogP contribution in [0.25, 0.3) is 11.2 Å². The van der Waals surface area contributed by atoms with Gasteiger partial charge >= 0.3 is 11.7 Å². The van der Waals surface area contributed by atoms with Gasteiger partial charge < -0.3 is 18.9 Å². The third-order valence-corrected chi connectivity index (χ3v) is 5.47. The van der Waals surface area contributed by atoms with Crippen LogP contribution in [0.1, 0.15) is 6.42 Å². The molecular weight excluding hydrogens is 414 g/mol. The van der Waals surface area contributed by atoms with Crippen molar-refractivity contribution in [2.75, 3.05) is 25.7 Å². The van der Waals surface area contributed by atoms with E-state index in [0.29, 0.717) is 29.8 Å². The van der Waals surface area contributed by atoms with E-state index in [2.05, 4.69) is 9.72 Å². The zero-order valence-corrected chi connectivity index (χ0v) is 17.5. The van der Waals surface area contributed by atoms with Crippen LogP contribution < -0.4 is 20.9 Å². The molecule has 0 amide bonds. The van der Waals surface area contributed by atoms with Gasteiger partial charge in [0.25, 0.3) is 5.56 Å². The van der Waals surface area contributed by atoms with Gasteiger partial charge in [-0.1, -0.05) is 11.6 Å². The Balaban J connectivity index is 1.92. The maximum atomic E-state index is 13.1. The second-order valence-electron chi connectivity index (χ2n) is 6.87. The lowest BCUT2D eigenvalue weighted by molar-refractivity contribution is -0.141. The number of halogens is 1. The molecule has 0 aliphatic carbocycles. The molecule has 0 saturated carbocycles. The second kappa shape index (κ2) is 7.52. The van der Waals surface area contributed by atoms with Crippen LogP contribution in [0.3, 0.4) is 0 Å². The van der Waals surface area contributed by atoms with Crippen molar-refractivity contribution in [3.63, 3.8) is 0 Å². The number of benzene rings is 1. The molecule has 158 valence electrons. The molecule has 11 heteroatoms. The highest BCUT2D eigenvalue weighted by atomic mass is 35.5. The van der Waals surface area contributed by atoms with Gasteiger partial charge in [-0.2, -0.15) is 4.98 Å². The number of aryl methyl sites for hydroxylation is 2. The summed E-state index contributed by atoms with van der Waals surface area (Å²) in [5.74, 6) is 0.404. The first kappa shape index (κ1) is 20.0. The van der Waals surface area contributed by atoms with E-state index >= 15 is 0 Å². The third kappa shape index (κ3) is 3.04. The minimum Gasteiger partial charge on any atom is -0.495 e. The number of rotatable bonds is 4. The summed E-state index contributed by atoms with van der Waals surface area (Å²) in [6.07, 6.45) is 0.751. The monoisotopic (exact) mass is 433 g/mol. The maximum Gasteiger partial charge on any atom is 0.333 e. The van der Waals surface area contributed by atoms with Gasteiger partial charge in [-0.3, -0.25) is 14.2 Å². The fraction of sp³-hybridized carbons (Fsp3) is 0.368. The largest absolute Gasteiger partial charge is 0.495 e. The summed E-state index contributed by atoms with van der Waals surface area (Å²) in [7, 11) is 4.27. The van der Waals surface area contributed by atoms with Crippen molar-refractivity contribution in [2.45, 2.75) is 19.5 Å². The number of aromatic nitrogens is 4. The molecule has 2 aromatic heterocycles. The SMILES string of the molecule is COC(=O)Cn1c(=O)c2c(nc3n2CCCN3c2ccc(OC)c(Cl)c2)n(C)c1=O. The van der Waals surface area contributed by atoms with Crippen LogP contribution in [-0.2, 0) is 29.7 Å². The van der Waals surface area contributed by atoms with Crippen LogP contribution in [0, 0.1) is 0 Å². The molecule has 0 radical (unpaired) electrons. The number of methoxy groups -OCH3 is 2. The van der Waals surface area contributed by atoms with Crippen molar-refractivity contribution in [3.05, 3.63) is 44.1 Å². The fourth-order valence-corrected chi connectivity index (χ4v) is 3.92. The highest BCUT2D eigenvalue weighted by molar-refractivity contribution is 6.32. The number of esters is 1. The van der Waals surface area contributed by atoms with Gasteiger partial charge in [0.15, 0.2) is 11.2 Å². The van der Waals surface area contributed by atoms with E-state index in [0.717, 1.165) is 16.7 Å². The minimum absolute atomic E-state index is 0.257. The third-order valence-electron chi connectivity index (χ3n) is 5.18.